The van der Waals surface area contributed by atoms with E-state index in [0.29, 0.717) is 38.2 Å². The molecule has 2 saturated heterocycles. The number of alkyl halides is 3. The number of nitrogens with zero attached hydrogens (tertiary/aromatic N) is 3. The number of morpholine rings is 1. The molecule has 0 aliphatic carbocycles. The standard InChI is InChI=1S/C22H27F3N4O2/c1-15-11-16(27-20(30)14-28-7-9-31-10-8-28)13-29(12-15)19-5-4-18(22(23,24)25)21-17(19)3-2-6-26-21/h2-6,15-16H,7-14H2,1H3,(H,27,30). The van der Waals surface area contributed by atoms with Gasteiger partial charge >= 0.3 is 6.18 Å². The topological polar surface area (TPSA) is 57.7 Å². The summed E-state index contributed by atoms with van der Waals surface area (Å²) in [6.45, 7) is 6.45. The van der Waals surface area contributed by atoms with Gasteiger partial charge in [0.15, 0.2) is 0 Å². The van der Waals surface area contributed by atoms with E-state index in [4.69, 9.17) is 4.74 Å². The highest BCUT2D eigenvalue weighted by Gasteiger charge is 2.35. The quantitative estimate of drug-likeness (QED) is 0.799. The van der Waals surface area contributed by atoms with Crippen LogP contribution < -0.4 is 10.2 Å². The zero-order valence-electron chi connectivity index (χ0n) is 17.5. The number of piperidine rings is 1. The number of anilines is 1. The molecule has 2 atom stereocenters. The number of rotatable bonds is 4. The predicted molar refractivity (Wildman–Crippen MR) is 112 cm³/mol. The Morgan fingerprint density at radius 2 is 2.00 bits per heavy atom. The fourth-order valence-corrected chi connectivity index (χ4v) is 4.55. The van der Waals surface area contributed by atoms with Gasteiger partial charge in [0.1, 0.15) is 0 Å². The SMILES string of the molecule is CC1CC(NC(=O)CN2CCOCC2)CN(c2ccc(C(F)(F)F)c3ncccc23)C1. The molecule has 3 heterocycles. The normalized spacial score (nSPS) is 23.2. The summed E-state index contributed by atoms with van der Waals surface area (Å²) in [5.41, 5.74) is -0.0546. The summed E-state index contributed by atoms with van der Waals surface area (Å²) in [5, 5.41) is 3.60. The number of ether oxygens (including phenoxy) is 1. The number of benzene rings is 1. The molecule has 2 aromatic rings. The van der Waals surface area contributed by atoms with Crippen LogP contribution in [0.25, 0.3) is 10.9 Å². The molecule has 0 saturated carbocycles. The largest absolute Gasteiger partial charge is 0.418 e. The smallest absolute Gasteiger partial charge is 0.379 e. The highest BCUT2D eigenvalue weighted by Crippen LogP contribution is 2.38. The second-order valence-corrected chi connectivity index (χ2v) is 8.43. The summed E-state index contributed by atoms with van der Waals surface area (Å²) < 4.78 is 45.6. The van der Waals surface area contributed by atoms with Gasteiger partial charge in [0.2, 0.25) is 5.91 Å². The van der Waals surface area contributed by atoms with Crippen LogP contribution in [0.1, 0.15) is 18.9 Å². The number of hydrogen-bond acceptors (Lipinski definition) is 5. The van der Waals surface area contributed by atoms with E-state index in [-0.39, 0.29) is 23.4 Å². The zero-order valence-corrected chi connectivity index (χ0v) is 17.5. The molecule has 4 rings (SSSR count). The Hall–Kier alpha value is -2.39. The minimum Gasteiger partial charge on any atom is -0.379 e. The van der Waals surface area contributed by atoms with E-state index in [1.165, 1.54) is 12.3 Å². The molecule has 9 heteroatoms. The molecule has 1 amide bonds. The van der Waals surface area contributed by atoms with Crippen LogP contribution in [0.2, 0.25) is 0 Å². The lowest BCUT2D eigenvalue weighted by Crippen LogP contribution is -2.53. The molecular formula is C22H27F3N4O2. The van der Waals surface area contributed by atoms with Crippen molar-refractivity contribution in [2.75, 3.05) is 50.8 Å². The van der Waals surface area contributed by atoms with Gasteiger partial charge in [0.05, 0.1) is 30.8 Å². The van der Waals surface area contributed by atoms with Gasteiger partial charge in [-0.15, -0.1) is 0 Å². The molecule has 1 N–H and O–H groups in total. The van der Waals surface area contributed by atoms with Crippen molar-refractivity contribution in [1.29, 1.82) is 0 Å². The Labute approximate surface area is 179 Å². The van der Waals surface area contributed by atoms with Crippen LogP contribution in [-0.4, -0.2) is 67.8 Å². The number of pyridine rings is 1. The van der Waals surface area contributed by atoms with Gasteiger partial charge in [-0.3, -0.25) is 14.7 Å². The number of carbonyl (C=O) groups excluding carboxylic acids is 1. The van der Waals surface area contributed by atoms with Crippen molar-refractivity contribution in [3.8, 4) is 0 Å². The van der Waals surface area contributed by atoms with Crippen LogP contribution in [0, 0.1) is 5.92 Å². The molecule has 0 radical (unpaired) electrons. The molecule has 0 spiro atoms. The van der Waals surface area contributed by atoms with Crippen molar-refractivity contribution in [3.63, 3.8) is 0 Å². The van der Waals surface area contributed by atoms with Gasteiger partial charge < -0.3 is 15.0 Å². The minimum absolute atomic E-state index is 0.0279. The van der Waals surface area contributed by atoms with E-state index in [1.807, 2.05) is 0 Å². The Bertz CT molecular complexity index is 931. The van der Waals surface area contributed by atoms with Gasteiger partial charge in [-0.25, -0.2) is 0 Å². The Balaban J connectivity index is 1.52. The van der Waals surface area contributed by atoms with E-state index in [9.17, 15) is 18.0 Å². The monoisotopic (exact) mass is 436 g/mol. The second kappa shape index (κ2) is 9.00. The van der Waals surface area contributed by atoms with Crippen LogP contribution in [0.15, 0.2) is 30.5 Å². The summed E-state index contributed by atoms with van der Waals surface area (Å²) >= 11 is 0. The molecular weight excluding hydrogens is 409 g/mol. The lowest BCUT2D eigenvalue weighted by Gasteiger charge is -2.39. The molecule has 2 unspecified atom stereocenters. The van der Waals surface area contributed by atoms with Crippen LogP contribution in [0.5, 0.6) is 0 Å². The average molecular weight is 436 g/mol. The maximum atomic E-state index is 13.4. The van der Waals surface area contributed by atoms with Gasteiger partial charge in [0, 0.05) is 49.5 Å². The fraction of sp³-hybridized carbons (Fsp3) is 0.545. The lowest BCUT2D eigenvalue weighted by atomic mass is 9.94. The maximum Gasteiger partial charge on any atom is 0.418 e. The molecule has 1 aromatic heterocycles. The highest BCUT2D eigenvalue weighted by molar-refractivity contribution is 5.94. The third-order valence-corrected chi connectivity index (χ3v) is 5.89. The Morgan fingerprint density at radius 3 is 2.74 bits per heavy atom. The number of hydrogen-bond donors (Lipinski definition) is 1. The molecule has 0 bridgehead atoms. The third-order valence-electron chi connectivity index (χ3n) is 5.89. The summed E-state index contributed by atoms with van der Waals surface area (Å²) in [6.07, 6.45) is -2.24. The van der Waals surface area contributed by atoms with Crippen LogP contribution in [0.4, 0.5) is 18.9 Å². The third kappa shape index (κ3) is 5.10. The first-order valence-corrected chi connectivity index (χ1v) is 10.6. The van der Waals surface area contributed by atoms with Gasteiger partial charge in [-0.1, -0.05) is 6.92 Å². The van der Waals surface area contributed by atoms with Gasteiger partial charge in [0.25, 0.3) is 0 Å². The first-order chi connectivity index (χ1) is 14.8. The maximum absolute atomic E-state index is 13.4. The van der Waals surface area contributed by atoms with Crippen molar-refractivity contribution in [1.82, 2.24) is 15.2 Å². The zero-order chi connectivity index (χ0) is 22.0. The number of amides is 1. The van der Waals surface area contributed by atoms with Crippen molar-refractivity contribution < 1.29 is 22.7 Å². The average Bonchev–Trinajstić information content (AvgIpc) is 2.72. The lowest BCUT2D eigenvalue weighted by molar-refractivity contribution is -0.136. The summed E-state index contributed by atoms with van der Waals surface area (Å²) in [4.78, 5) is 20.7. The van der Waals surface area contributed by atoms with Gasteiger partial charge in [-0.05, 0) is 36.6 Å². The first kappa shape index (κ1) is 21.8. The van der Waals surface area contributed by atoms with Crippen LogP contribution >= 0.6 is 0 Å². The Kier molecular flexibility index (Phi) is 6.34. The van der Waals surface area contributed by atoms with E-state index in [2.05, 4.69) is 27.0 Å². The molecule has 31 heavy (non-hydrogen) atoms. The summed E-state index contributed by atoms with van der Waals surface area (Å²) in [7, 11) is 0. The molecule has 2 aliphatic rings. The van der Waals surface area contributed by atoms with Crippen LogP contribution in [-0.2, 0) is 15.7 Å². The first-order valence-electron chi connectivity index (χ1n) is 10.6. The predicted octanol–water partition coefficient (Wildman–Crippen LogP) is 2.92. The van der Waals surface area contributed by atoms with E-state index < -0.39 is 11.7 Å². The number of fused-ring (bicyclic) bond motifs is 1. The second-order valence-electron chi connectivity index (χ2n) is 8.43. The van der Waals surface area contributed by atoms with E-state index in [0.717, 1.165) is 31.3 Å². The minimum atomic E-state index is -4.46. The number of aromatic nitrogens is 1. The van der Waals surface area contributed by atoms with Crippen molar-refractivity contribution in [2.24, 2.45) is 5.92 Å². The molecule has 2 fully saturated rings. The number of nitrogens with one attached hydrogen (secondary N) is 1. The van der Waals surface area contributed by atoms with Crippen molar-refractivity contribution in [2.45, 2.75) is 25.6 Å². The number of halogens is 3. The molecule has 168 valence electrons. The van der Waals surface area contributed by atoms with Crippen molar-refractivity contribution >= 4 is 22.5 Å². The van der Waals surface area contributed by atoms with Crippen LogP contribution in [0.3, 0.4) is 0 Å². The summed E-state index contributed by atoms with van der Waals surface area (Å²) in [5.74, 6) is 0.261. The fourth-order valence-electron chi connectivity index (χ4n) is 4.55. The number of carbonyl (C=O) groups is 1. The Morgan fingerprint density at radius 1 is 1.23 bits per heavy atom. The molecule has 1 aromatic carbocycles. The van der Waals surface area contributed by atoms with Gasteiger partial charge in [-0.2, -0.15) is 13.2 Å². The van der Waals surface area contributed by atoms with E-state index in [1.54, 1.807) is 12.1 Å². The highest BCUT2D eigenvalue weighted by atomic mass is 19.4. The molecule has 2 aliphatic heterocycles. The van der Waals surface area contributed by atoms with E-state index >= 15 is 0 Å². The summed E-state index contributed by atoms with van der Waals surface area (Å²) in [6, 6.07) is 5.90. The molecule has 6 nitrogen and oxygen atoms in total. The van der Waals surface area contributed by atoms with Crippen molar-refractivity contribution in [3.05, 3.63) is 36.0 Å².